The molecule has 294 valence electrons. The number of aromatic amines is 2. The standard InChI is InChI=1S/C43H51N7O6/c1-23(2)37(47-42(53)55-6)40(51)49-22-25(5)16-36(49)39-44-21-33(46-39)29-12-11-27-17-26(8-10-28(27)18-29)9-13-31-14-15-32(45-31)35-20-30-19-34(30)50(35)41(52)38(24(3)4)48-43(54)56-7/h8,10-12,14-15,17-18,21,23-25,30,34-38,45H,16,19-20,22H2,1-7H3,(H,44,46)(H,47,53)(H,48,54)/t25-,30?,34+,35-,36-,37-,38-/m0/s1. The summed E-state index contributed by atoms with van der Waals surface area (Å²) < 4.78 is 9.57. The maximum Gasteiger partial charge on any atom is 0.407 e. The number of carbonyl (C=O) groups is 4. The summed E-state index contributed by atoms with van der Waals surface area (Å²) in [5.41, 5.74) is 4.42. The number of amides is 4. The third-order valence-electron chi connectivity index (χ3n) is 11.4. The molecule has 0 bridgehead atoms. The zero-order valence-electron chi connectivity index (χ0n) is 33.0. The van der Waals surface area contributed by atoms with Gasteiger partial charge in [0.25, 0.3) is 0 Å². The predicted octanol–water partition coefficient (Wildman–Crippen LogP) is 6.29. The number of piperidine rings is 1. The number of H-pyrrole nitrogens is 2. The fraction of sp³-hybridized carbons (Fsp3) is 0.465. The van der Waals surface area contributed by atoms with Crippen molar-refractivity contribution in [1.82, 2.24) is 35.4 Å². The fourth-order valence-electron chi connectivity index (χ4n) is 8.30. The molecule has 13 heteroatoms. The van der Waals surface area contributed by atoms with E-state index in [0.717, 1.165) is 64.1 Å². The quantitative estimate of drug-likeness (QED) is 0.146. The summed E-state index contributed by atoms with van der Waals surface area (Å²) in [5.74, 6) is 7.60. The molecule has 4 N–H and O–H groups in total. The number of benzene rings is 2. The Morgan fingerprint density at radius 1 is 0.804 bits per heavy atom. The number of nitrogens with one attached hydrogen (secondary N) is 4. The van der Waals surface area contributed by atoms with Crippen molar-refractivity contribution in [3.63, 3.8) is 0 Å². The average molecular weight is 762 g/mol. The van der Waals surface area contributed by atoms with Gasteiger partial charge in [-0.2, -0.15) is 0 Å². The maximum atomic E-state index is 13.7. The van der Waals surface area contributed by atoms with Crippen molar-refractivity contribution in [3.8, 4) is 23.1 Å². The molecule has 56 heavy (non-hydrogen) atoms. The smallest absolute Gasteiger partial charge is 0.407 e. The minimum atomic E-state index is -0.701. The average Bonchev–Trinajstić information content (AvgIpc) is 3.66. The van der Waals surface area contributed by atoms with Crippen molar-refractivity contribution in [3.05, 3.63) is 77.5 Å². The van der Waals surface area contributed by atoms with Gasteiger partial charge in [-0.15, -0.1) is 0 Å². The third kappa shape index (κ3) is 7.83. The molecule has 2 aliphatic heterocycles. The Morgan fingerprint density at radius 3 is 2.18 bits per heavy atom. The molecule has 3 aliphatic rings. The molecule has 4 amide bonds. The van der Waals surface area contributed by atoms with Crippen LogP contribution in [-0.4, -0.2) is 87.6 Å². The van der Waals surface area contributed by atoms with E-state index in [1.54, 1.807) is 0 Å². The van der Waals surface area contributed by atoms with Crippen LogP contribution in [0.3, 0.4) is 0 Å². The van der Waals surface area contributed by atoms with Crippen molar-refractivity contribution >= 4 is 34.8 Å². The Labute approximate surface area is 327 Å². The Hall–Kier alpha value is -5.77. The molecule has 0 spiro atoms. The second kappa shape index (κ2) is 15.8. The lowest BCUT2D eigenvalue weighted by Crippen LogP contribution is -2.51. The molecule has 1 aliphatic carbocycles. The normalized spacial score (nSPS) is 22.3. The summed E-state index contributed by atoms with van der Waals surface area (Å²) in [6.45, 7) is 10.3. The number of alkyl carbamates (subject to hydrolysis) is 2. The van der Waals surface area contributed by atoms with E-state index in [9.17, 15) is 19.2 Å². The molecule has 13 nitrogen and oxygen atoms in total. The predicted molar refractivity (Wildman–Crippen MR) is 211 cm³/mol. The summed E-state index contributed by atoms with van der Waals surface area (Å²) in [4.78, 5) is 66.9. The number of fused-ring (bicyclic) bond motifs is 2. The van der Waals surface area contributed by atoms with Crippen LogP contribution in [0, 0.1) is 35.5 Å². The number of carbonyl (C=O) groups excluding carboxylic acids is 4. The van der Waals surface area contributed by atoms with Crippen LogP contribution in [-0.2, 0) is 19.1 Å². The molecule has 2 saturated heterocycles. The Bertz CT molecular complexity index is 2200. The van der Waals surface area contributed by atoms with Crippen LogP contribution in [0.15, 0.2) is 54.7 Å². The van der Waals surface area contributed by atoms with Gasteiger partial charge in [-0.05, 0) is 90.0 Å². The SMILES string of the molecule is COC(=O)N[C@H](C(=O)N1C[C@@H](C)C[C@H]1c1ncc(-c2ccc3cc(C#Cc4ccc([C@@H]5CC6C[C@H]6N5C(=O)[C@@H](NC(=O)OC)C(C)C)[nH]4)ccc3c2)[nH]1)C(C)C. The van der Waals surface area contributed by atoms with Crippen molar-refractivity contribution in [2.24, 2.45) is 23.7 Å². The topological polar surface area (TPSA) is 162 Å². The lowest BCUT2D eigenvalue weighted by molar-refractivity contribution is -0.137. The molecule has 7 rings (SSSR count). The van der Waals surface area contributed by atoms with E-state index < -0.39 is 24.3 Å². The molecule has 0 radical (unpaired) electrons. The molecule has 2 aromatic heterocycles. The molecule has 1 unspecified atom stereocenters. The highest BCUT2D eigenvalue weighted by molar-refractivity contribution is 5.89. The minimum absolute atomic E-state index is 0.0804. The van der Waals surface area contributed by atoms with Crippen molar-refractivity contribution < 1.29 is 28.7 Å². The highest BCUT2D eigenvalue weighted by Gasteiger charge is 2.55. The van der Waals surface area contributed by atoms with E-state index >= 15 is 0 Å². The molecule has 1 saturated carbocycles. The molecular formula is C43H51N7O6. The monoisotopic (exact) mass is 761 g/mol. The van der Waals surface area contributed by atoms with Gasteiger partial charge >= 0.3 is 12.2 Å². The van der Waals surface area contributed by atoms with Gasteiger partial charge in [0.2, 0.25) is 11.8 Å². The summed E-state index contributed by atoms with van der Waals surface area (Å²) in [5, 5.41) is 7.55. The first-order valence-electron chi connectivity index (χ1n) is 19.5. The van der Waals surface area contributed by atoms with Crippen LogP contribution in [0.4, 0.5) is 9.59 Å². The van der Waals surface area contributed by atoms with Gasteiger partial charge in [0.05, 0.1) is 43.9 Å². The van der Waals surface area contributed by atoms with Crippen LogP contribution in [0.2, 0.25) is 0 Å². The summed E-state index contributed by atoms with van der Waals surface area (Å²) in [6, 6.07) is 14.8. The van der Waals surface area contributed by atoms with Crippen LogP contribution >= 0.6 is 0 Å². The van der Waals surface area contributed by atoms with Crippen LogP contribution in [0.25, 0.3) is 22.0 Å². The summed E-state index contributed by atoms with van der Waals surface area (Å²) >= 11 is 0. The molecule has 7 atom stereocenters. The number of nitrogens with zero attached hydrogens (tertiary/aromatic N) is 3. The van der Waals surface area contributed by atoms with Gasteiger partial charge < -0.3 is 39.9 Å². The van der Waals surface area contributed by atoms with Gasteiger partial charge in [0.1, 0.15) is 17.9 Å². The number of likely N-dealkylation sites (tertiary alicyclic amines) is 2. The van der Waals surface area contributed by atoms with Crippen molar-refractivity contribution in [1.29, 1.82) is 0 Å². The fourth-order valence-corrected chi connectivity index (χ4v) is 8.30. The first-order valence-corrected chi connectivity index (χ1v) is 19.5. The largest absolute Gasteiger partial charge is 0.453 e. The molecule has 3 fully saturated rings. The third-order valence-corrected chi connectivity index (χ3v) is 11.4. The highest BCUT2D eigenvalue weighted by Crippen LogP contribution is 2.53. The van der Waals surface area contributed by atoms with Crippen LogP contribution < -0.4 is 10.6 Å². The molecule has 2 aromatic carbocycles. The molecular weight excluding hydrogens is 711 g/mol. The van der Waals surface area contributed by atoms with E-state index in [-0.39, 0.29) is 47.7 Å². The second-order valence-corrected chi connectivity index (χ2v) is 16.2. The number of rotatable bonds is 9. The molecule has 4 aromatic rings. The van der Waals surface area contributed by atoms with E-state index in [1.807, 2.05) is 68.0 Å². The van der Waals surface area contributed by atoms with E-state index in [0.29, 0.717) is 12.5 Å². The maximum absolute atomic E-state index is 13.7. The first-order chi connectivity index (χ1) is 26.8. The van der Waals surface area contributed by atoms with Crippen molar-refractivity contribution in [2.75, 3.05) is 20.8 Å². The number of ether oxygens (including phenoxy) is 2. The highest BCUT2D eigenvalue weighted by atomic mass is 16.5. The summed E-state index contributed by atoms with van der Waals surface area (Å²) in [7, 11) is 2.59. The minimum Gasteiger partial charge on any atom is -0.453 e. The number of imidazole rings is 1. The van der Waals surface area contributed by atoms with Crippen LogP contribution in [0.5, 0.6) is 0 Å². The van der Waals surface area contributed by atoms with E-state index in [2.05, 4.69) is 63.6 Å². The Kier molecular flexibility index (Phi) is 10.8. The number of hydrogen-bond acceptors (Lipinski definition) is 7. The number of aromatic nitrogens is 3. The molecule has 4 heterocycles. The van der Waals surface area contributed by atoms with Crippen molar-refractivity contribution in [2.45, 2.75) is 84.1 Å². The van der Waals surface area contributed by atoms with Gasteiger partial charge in [-0.25, -0.2) is 14.6 Å². The zero-order chi connectivity index (χ0) is 39.8. The van der Waals surface area contributed by atoms with Gasteiger partial charge in [-0.1, -0.05) is 58.7 Å². The van der Waals surface area contributed by atoms with Gasteiger partial charge in [0.15, 0.2) is 0 Å². The zero-order valence-corrected chi connectivity index (χ0v) is 33.0. The Balaban J connectivity index is 1.04. The Morgan fingerprint density at radius 2 is 1.48 bits per heavy atom. The van der Waals surface area contributed by atoms with Gasteiger partial charge in [0, 0.05) is 29.4 Å². The second-order valence-electron chi connectivity index (χ2n) is 16.2. The van der Waals surface area contributed by atoms with Crippen LogP contribution in [0.1, 0.15) is 88.7 Å². The summed E-state index contributed by atoms with van der Waals surface area (Å²) in [6.07, 6.45) is 3.21. The number of methoxy groups -OCH3 is 2. The lowest BCUT2D eigenvalue weighted by atomic mass is 10.0. The first kappa shape index (κ1) is 38.5. The number of hydrogen-bond donors (Lipinski definition) is 4. The van der Waals surface area contributed by atoms with Gasteiger partial charge in [-0.3, -0.25) is 9.59 Å². The van der Waals surface area contributed by atoms with E-state index in [4.69, 9.17) is 14.5 Å². The lowest BCUT2D eigenvalue weighted by Gasteiger charge is -2.32. The van der Waals surface area contributed by atoms with E-state index in [1.165, 1.54) is 14.2 Å².